The first-order valence-corrected chi connectivity index (χ1v) is 10.8. The SMILES string of the molecule is O=C(NCC1(C(=O)O)CCOCC1)c1ccc(S(=O)(=O)C2CCCC2)cc1. The number of sulfone groups is 1. The molecule has 1 saturated heterocycles. The molecule has 2 N–H and O–H groups in total. The number of ether oxygens (including phenoxy) is 1. The predicted molar refractivity (Wildman–Crippen MR) is 98.3 cm³/mol. The molecule has 148 valence electrons. The van der Waals surface area contributed by atoms with Gasteiger partial charge >= 0.3 is 5.97 Å². The lowest BCUT2D eigenvalue weighted by molar-refractivity contribution is -0.154. The van der Waals surface area contributed by atoms with Gasteiger partial charge in [-0.05, 0) is 49.9 Å². The van der Waals surface area contributed by atoms with Crippen LogP contribution in [0.15, 0.2) is 29.2 Å². The molecule has 1 aliphatic carbocycles. The molecule has 8 heteroatoms. The van der Waals surface area contributed by atoms with E-state index in [4.69, 9.17) is 4.74 Å². The molecule has 7 nitrogen and oxygen atoms in total. The van der Waals surface area contributed by atoms with Crippen molar-refractivity contribution in [3.05, 3.63) is 29.8 Å². The van der Waals surface area contributed by atoms with Gasteiger partial charge in [0.1, 0.15) is 0 Å². The molecule has 1 heterocycles. The zero-order valence-corrected chi connectivity index (χ0v) is 16.0. The van der Waals surface area contributed by atoms with Gasteiger partial charge in [0.25, 0.3) is 5.91 Å². The maximum atomic E-state index is 12.6. The van der Waals surface area contributed by atoms with Crippen molar-refractivity contribution < 1.29 is 27.9 Å². The lowest BCUT2D eigenvalue weighted by Gasteiger charge is -2.33. The molecule has 0 unspecified atom stereocenters. The summed E-state index contributed by atoms with van der Waals surface area (Å²) in [6.45, 7) is 0.735. The van der Waals surface area contributed by atoms with E-state index >= 15 is 0 Å². The Labute approximate surface area is 159 Å². The molecule has 0 aromatic heterocycles. The topological polar surface area (TPSA) is 110 Å². The molecule has 1 aromatic rings. The Kier molecular flexibility index (Phi) is 5.86. The molecule has 27 heavy (non-hydrogen) atoms. The van der Waals surface area contributed by atoms with E-state index in [-0.39, 0.29) is 16.7 Å². The Hall–Kier alpha value is -1.93. The Morgan fingerprint density at radius 2 is 1.70 bits per heavy atom. The third kappa shape index (κ3) is 4.16. The van der Waals surface area contributed by atoms with Gasteiger partial charge in [-0.1, -0.05) is 12.8 Å². The molecule has 1 aliphatic heterocycles. The van der Waals surface area contributed by atoms with Crippen LogP contribution in [0.25, 0.3) is 0 Å². The second-order valence-electron chi connectivity index (χ2n) is 7.36. The predicted octanol–water partition coefficient (Wildman–Crippen LogP) is 2.01. The highest BCUT2D eigenvalue weighted by molar-refractivity contribution is 7.92. The Morgan fingerprint density at radius 1 is 1.11 bits per heavy atom. The van der Waals surface area contributed by atoms with Crippen LogP contribution in [-0.4, -0.2) is 50.4 Å². The molecule has 0 atom stereocenters. The van der Waals surface area contributed by atoms with Crippen molar-refractivity contribution in [3.63, 3.8) is 0 Å². The zero-order chi connectivity index (χ0) is 19.5. The van der Waals surface area contributed by atoms with Gasteiger partial charge in [-0.15, -0.1) is 0 Å². The van der Waals surface area contributed by atoms with Crippen LogP contribution in [-0.2, 0) is 19.4 Å². The summed E-state index contributed by atoms with van der Waals surface area (Å²) >= 11 is 0. The summed E-state index contributed by atoms with van der Waals surface area (Å²) in [4.78, 5) is 24.3. The molecule has 1 saturated carbocycles. The number of benzene rings is 1. The number of amides is 1. The first kappa shape index (κ1) is 19.8. The van der Waals surface area contributed by atoms with Crippen molar-refractivity contribution in [2.24, 2.45) is 5.41 Å². The minimum Gasteiger partial charge on any atom is -0.481 e. The fraction of sp³-hybridized carbons (Fsp3) is 0.579. The van der Waals surface area contributed by atoms with E-state index in [0.717, 1.165) is 12.8 Å². The summed E-state index contributed by atoms with van der Waals surface area (Å²) in [5, 5.41) is 11.9. The zero-order valence-electron chi connectivity index (χ0n) is 15.1. The van der Waals surface area contributed by atoms with Crippen LogP contribution < -0.4 is 5.32 Å². The van der Waals surface area contributed by atoms with E-state index in [1.54, 1.807) is 0 Å². The van der Waals surface area contributed by atoms with Crippen LogP contribution in [0.3, 0.4) is 0 Å². The second-order valence-corrected chi connectivity index (χ2v) is 9.58. The third-order valence-electron chi connectivity index (χ3n) is 5.68. The number of carbonyl (C=O) groups is 2. The van der Waals surface area contributed by atoms with Gasteiger partial charge in [-0.3, -0.25) is 9.59 Å². The Bertz CT molecular complexity index is 790. The summed E-state index contributed by atoms with van der Waals surface area (Å²) in [5.74, 6) is -1.35. The average Bonchev–Trinajstić information content (AvgIpc) is 3.22. The van der Waals surface area contributed by atoms with Crippen molar-refractivity contribution in [2.45, 2.75) is 48.7 Å². The molecule has 1 amide bonds. The molecule has 0 bridgehead atoms. The van der Waals surface area contributed by atoms with Crippen LogP contribution in [0.2, 0.25) is 0 Å². The van der Waals surface area contributed by atoms with Gasteiger partial charge < -0.3 is 15.2 Å². The van der Waals surface area contributed by atoms with Crippen molar-refractivity contribution >= 4 is 21.7 Å². The fourth-order valence-corrected chi connectivity index (χ4v) is 5.62. The smallest absolute Gasteiger partial charge is 0.311 e. The lowest BCUT2D eigenvalue weighted by atomic mass is 9.80. The van der Waals surface area contributed by atoms with Gasteiger partial charge in [0, 0.05) is 25.3 Å². The van der Waals surface area contributed by atoms with Crippen LogP contribution in [0, 0.1) is 5.41 Å². The van der Waals surface area contributed by atoms with E-state index in [0.29, 0.717) is 44.5 Å². The van der Waals surface area contributed by atoms with E-state index in [1.807, 2.05) is 0 Å². The first-order valence-electron chi connectivity index (χ1n) is 9.28. The third-order valence-corrected chi connectivity index (χ3v) is 7.96. The van der Waals surface area contributed by atoms with Crippen molar-refractivity contribution in [1.29, 1.82) is 0 Å². The maximum Gasteiger partial charge on any atom is 0.311 e. The number of nitrogens with one attached hydrogen (secondary N) is 1. The molecule has 0 radical (unpaired) electrons. The lowest BCUT2D eigenvalue weighted by Crippen LogP contribution is -2.46. The molecule has 0 spiro atoms. The maximum absolute atomic E-state index is 12.6. The molecule has 2 aliphatic rings. The molecule has 2 fully saturated rings. The average molecular weight is 395 g/mol. The van der Waals surface area contributed by atoms with Crippen molar-refractivity contribution in [3.8, 4) is 0 Å². The number of rotatable bonds is 6. The molecular weight excluding hydrogens is 370 g/mol. The van der Waals surface area contributed by atoms with Gasteiger partial charge in [-0.25, -0.2) is 8.42 Å². The highest BCUT2D eigenvalue weighted by Crippen LogP contribution is 2.31. The number of hydrogen-bond donors (Lipinski definition) is 2. The number of carbonyl (C=O) groups excluding carboxylic acids is 1. The minimum atomic E-state index is -3.35. The monoisotopic (exact) mass is 395 g/mol. The van der Waals surface area contributed by atoms with Gasteiger partial charge in [0.2, 0.25) is 0 Å². The largest absolute Gasteiger partial charge is 0.481 e. The van der Waals surface area contributed by atoms with Crippen LogP contribution in [0.4, 0.5) is 0 Å². The summed E-state index contributed by atoms with van der Waals surface area (Å²) in [7, 11) is -3.35. The van der Waals surface area contributed by atoms with E-state index in [9.17, 15) is 23.1 Å². The molecular formula is C19H25NO6S. The Balaban J connectivity index is 1.66. The summed E-state index contributed by atoms with van der Waals surface area (Å²) in [6.07, 6.45) is 3.93. The summed E-state index contributed by atoms with van der Waals surface area (Å²) in [5.41, 5.74) is -0.701. The van der Waals surface area contributed by atoms with Gasteiger partial charge in [0.05, 0.1) is 15.6 Å². The first-order chi connectivity index (χ1) is 12.8. The van der Waals surface area contributed by atoms with Crippen molar-refractivity contribution in [2.75, 3.05) is 19.8 Å². The van der Waals surface area contributed by atoms with Crippen LogP contribution in [0.5, 0.6) is 0 Å². The number of hydrogen-bond acceptors (Lipinski definition) is 5. The van der Waals surface area contributed by atoms with Crippen molar-refractivity contribution in [1.82, 2.24) is 5.32 Å². The van der Waals surface area contributed by atoms with E-state index in [2.05, 4.69) is 5.32 Å². The normalized spacial score (nSPS) is 20.3. The van der Waals surface area contributed by atoms with Gasteiger partial charge in [0.15, 0.2) is 9.84 Å². The van der Waals surface area contributed by atoms with Crippen LogP contribution >= 0.6 is 0 Å². The summed E-state index contributed by atoms with van der Waals surface area (Å²) in [6, 6.07) is 5.89. The number of aliphatic carboxylic acids is 1. The standard InChI is InChI=1S/C19H25NO6S/c21-17(20-13-19(18(22)23)9-11-26-12-10-19)14-5-7-16(8-6-14)27(24,25)15-3-1-2-4-15/h5-8,15H,1-4,9-13H2,(H,20,21)(H,22,23). The minimum absolute atomic E-state index is 0.0205. The fourth-order valence-electron chi connectivity index (χ4n) is 3.77. The Morgan fingerprint density at radius 3 is 2.26 bits per heavy atom. The quantitative estimate of drug-likeness (QED) is 0.762. The molecule has 3 rings (SSSR count). The highest BCUT2D eigenvalue weighted by atomic mass is 32.2. The second kappa shape index (κ2) is 7.98. The van der Waals surface area contributed by atoms with Gasteiger partial charge in [-0.2, -0.15) is 0 Å². The van der Waals surface area contributed by atoms with E-state index in [1.165, 1.54) is 24.3 Å². The number of carboxylic acid groups (broad SMARTS) is 1. The molecule has 1 aromatic carbocycles. The highest BCUT2D eigenvalue weighted by Gasteiger charge is 2.40. The van der Waals surface area contributed by atoms with Crippen LogP contribution in [0.1, 0.15) is 48.9 Å². The summed E-state index contributed by atoms with van der Waals surface area (Å²) < 4.78 is 30.4. The number of carboxylic acids is 1. The van der Waals surface area contributed by atoms with E-state index < -0.39 is 27.1 Å².